The van der Waals surface area contributed by atoms with Gasteiger partial charge in [-0.3, -0.25) is 14.4 Å². The molecular formula is C31H32F6N2O6. The number of carboxylic acid groups (broad SMARTS) is 1. The molecule has 2 aromatic carbocycles. The minimum atomic E-state index is -4.92. The van der Waals surface area contributed by atoms with Crippen LogP contribution in [0.2, 0.25) is 0 Å². The SMILES string of the molecule is CCCC(c1ccc(C(=O)NCCC(=O)O)cc1)C(NC(=O)C1=C(OC)C=C(C(F)(F)F)CC1)c1ccc(OC(F)(F)F)cc1. The predicted octanol–water partition coefficient (Wildman–Crippen LogP) is 6.71. The van der Waals surface area contributed by atoms with Gasteiger partial charge in [-0.05, 0) is 60.7 Å². The van der Waals surface area contributed by atoms with E-state index in [-0.39, 0.29) is 36.3 Å². The minimum absolute atomic E-state index is 0.0175. The van der Waals surface area contributed by atoms with Gasteiger partial charge in [0, 0.05) is 23.6 Å². The van der Waals surface area contributed by atoms with Crippen molar-refractivity contribution >= 4 is 17.8 Å². The maximum absolute atomic E-state index is 13.6. The summed E-state index contributed by atoms with van der Waals surface area (Å²) in [6.07, 6.45) is -8.63. The molecule has 0 spiro atoms. The molecule has 2 amide bonds. The van der Waals surface area contributed by atoms with Gasteiger partial charge in [0.2, 0.25) is 0 Å². The number of ether oxygens (including phenoxy) is 2. The van der Waals surface area contributed by atoms with E-state index < -0.39 is 60.0 Å². The lowest BCUT2D eigenvalue weighted by molar-refractivity contribution is -0.274. The first-order valence-corrected chi connectivity index (χ1v) is 13.9. The fraction of sp³-hybridized carbons (Fsp3) is 0.387. The summed E-state index contributed by atoms with van der Waals surface area (Å²) in [6, 6.07) is 10.3. The molecule has 3 rings (SSSR count). The number of rotatable bonds is 13. The van der Waals surface area contributed by atoms with Gasteiger partial charge >= 0.3 is 18.5 Å². The van der Waals surface area contributed by atoms with Crippen molar-refractivity contribution in [2.24, 2.45) is 0 Å². The van der Waals surface area contributed by atoms with E-state index in [4.69, 9.17) is 9.84 Å². The highest BCUT2D eigenvalue weighted by Gasteiger charge is 2.37. The van der Waals surface area contributed by atoms with Crippen LogP contribution in [-0.4, -0.2) is 49.1 Å². The Morgan fingerprint density at radius 3 is 2.07 bits per heavy atom. The molecule has 14 heteroatoms. The van der Waals surface area contributed by atoms with Crippen LogP contribution < -0.4 is 15.4 Å². The van der Waals surface area contributed by atoms with Crippen molar-refractivity contribution in [1.29, 1.82) is 0 Å². The Labute approximate surface area is 255 Å². The number of carboxylic acids is 1. The summed E-state index contributed by atoms with van der Waals surface area (Å²) < 4.78 is 87.3. The Morgan fingerprint density at radius 2 is 1.53 bits per heavy atom. The topological polar surface area (TPSA) is 114 Å². The highest BCUT2D eigenvalue weighted by molar-refractivity contribution is 5.95. The minimum Gasteiger partial charge on any atom is -0.496 e. The zero-order chi connectivity index (χ0) is 33.4. The standard InChI is InChI=1S/C31H32F6N2O6/c1-3-4-23(18-5-7-20(8-6-18)28(42)38-16-15-26(40)41)27(19-9-12-22(13-10-19)45-31(35,36)37)39-29(43)24-14-11-21(30(32,33)34)17-25(24)44-2/h5-10,12-13,17,23,27H,3-4,11,14-16H2,1-2H3,(H,38,42)(H,39,43)(H,40,41). The van der Waals surface area contributed by atoms with E-state index >= 15 is 0 Å². The van der Waals surface area contributed by atoms with Gasteiger partial charge in [0.1, 0.15) is 11.5 Å². The van der Waals surface area contributed by atoms with Gasteiger partial charge in [0.15, 0.2) is 0 Å². The third kappa shape index (κ3) is 10.0. The van der Waals surface area contributed by atoms with Gasteiger partial charge in [-0.15, -0.1) is 13.2 Å². The molecule has 244 valence electrons. The summed E-state index contributed by atoms with van der Waals surface area (Å²) in [6.45, 7) is 1.81. The quantitative estimate of drug-likeness (QED) is 0.209. The van der Waals surface area contributed by atoms with Crippen LogP contribution in [0.1, 0.15) is 72.5 Å². The van der Waals surface area contributed by atoms with Gasteiger partial charge in [0.25, 0.3) is 11.8 Å². The van der Waals surface area contributed by atoms with Crippen LogP contribution in [0.4, 0.5) is 26.3 Å². The number of hydrogen-bond donors (Lipinski definition) is 3. The van der Waals surface area contributed by atoms with E-state index in [0.29, 0.717) is 24.0 Å². The number of amides is 2. The van der Waals surface area contributed by atoms with Crippen LogP contribution in [0.5, 0.6) is 5.75 Å². The Hall–Kier alpha value is -4.49. The van der Waals surface area contributed by atoms with Gasteiger partial charge in [-0.25, -0.2) is 0 Å². The second-order valence-electron chi connectivity index (χ2n) is 10.2. The number of allylic oxidation sites excluding steroid dienone is 2. The normalized spacial score (nSPS) is 15.1. The molecule has 0 heterocycles. The average molecular weight is 643 g/mol. The van der Waals surface area contributed by atoms with E-state index in [0.717, 1.165) is 25.3 Å². The van der Waals surface area contributed by atoms with E-state index in [1.165, 1.54) is 24.3 Å². The lowest BCUT2D eigenvalue weighted by Gasteiger charge is -2.30. The number of aliphatic carboxylic acids is 1. The smallest absolute Gasteiger partial charge is 0.496 e. The van der Waals surface area contributed by atoms with Gasteiger partial charge < -0.3 is 25.2 Å². The van der Waals surface area contributed by atoms with Crippen molar-refractivity contribution in [2.45, 2.75) is 63.5 Å². The van der Waals surface area contributed by atoms with E-state index in [9.17, 15) is 40.7 Å². The molecule has 8 nitrogen and oxygen atoms in total. The largest absolute Gasteiger partial charge is 0.573 e. The molecule has 0 saturated carbocycles. The Balaban J connectivity index is 1.99. The van der Waals surface area contributed by atoms with Crippen molar-refractivity contribution in [2.75, 3.05) is 13.7 Å². The molecule has 2 atom stereocenters. The van der Waals surface area contributed by atoms with Crippen LogP contribution >= 0.6 is 0 Å². The predicted molar refractivity (Wildman–Crippen MR) is 150 cm³/mol. The maximum Gasteiger partial charge on any atom is 0.573 e. The summed E-state index contributed by atoms with van der Waals surface area (Å²) in [5.41, 5.74) is 0.440. The maximum atomic E-state index is 13.6. The number of halogens is 6. The second-order valence-corrected chi connectivity index (χ2v) is 10.2. The van der Waals surface area contributed by atoms with Crippen molar-refractivity contribution in [3.8, 4) is 5.75 Å². The highest BCUT2D eigenvalue weighted by Crippen LogP contribution is 2.39. The zero-order valence-electron chi connectivity index (χ0n) is 24.3. The van der Waals surface area contributed by atoms with Gasteiger partial charge in [-0.2, -0.15) is 13.2 Å². The Kier molecular flexibility index (Phi) is 11.7. The number of benzene rings is 2. The van der Waals surface area contributed by atoms with Crippen LogP contribution in [-0.2, 0) is 14.3 Å². The van der Waals surface area contributed by atoms with Crippen molar-refractivity contribution in [1.82, 2.24) is 10.6 Å². The van der Waals surface area contributed by atoms with Crippen molar-refractivity contribution in [3.63, 3.8) is 0 Å². The second kappa shape index (κ2) is 15.0. The van der Waals surface area contributed by atoms with E-state index in [2.05, 4.69) is 15.4 Å². The van der Waals surface area contributed by atoms with Crippen LogP contribution in [0.3, 0.4) is 0 Å². The van der Waals surface area contributed by atoms with Crippen LogP contribution in [0, 0.1) is 0 Å². The number of carbonyl (C=O) groups is 3. The number of hydrogen-bond acceptors (Lipinski definition) is 5. The number of methoxy groups -OCH3 is 1. The molecule has 2 unspecified atom stereocenters. The van der Waals surface area contributed by atoms with E-state index in [1.54, 1.807) is 12.1 Å². The monoisotopic (exact) mass is 642 g/mol. The molecule has 1 aliphatic carbocycles. The van der Waals surface area contributed by atoms with Crippen LogP contribution in [0.15, 0.2) is 71.5 Å². The molecule has 3 N–H and O–H groups in total. The third-order valence-corrected chi connectivity index (χ3v) is 7.09. The number of nitrogens with one attached hydrogen (secondary N) is 2. The number of carbonyl (C=O) groups excluding carboxylic acids is 2. The van der Waals surface area contributed by atoms with E-state index in [1.807, 2.05) is 6.92 Å². The molecule has 0 radical (unpaired) electrons. The van der Waals surface area contributed by atoms with Gasteiger partial charge in [-0.1, -0.05) is 37.6 Å². The summed E-state index contributed by atoms with van der Waals surface area (Å²) in [5, 5.41) is 14.1. The average Bonchev–Trinajstić information content (AvgIpc) is 2.97. The van der Waals surface area contributed by atoms with Crippen LogP contribution in [0.25, 0.3) is 0 Å². The summed E-state index contributed by atoms with van der Waals surface area (Å²) >= 11 is 0. The lowest BCUT2D eigenvalue weighted by Crippen LogP contribution is -2.35. The molecule has 0 bridgehead atoms. The molecule has 2 aromatic rings. The lowest BCUT2D eigenvalue weighted by atomic mass is 9.83. The summed E-state index contributed by atoms with van der Waals surface area (Å²) in [4.78, 5) is 36.7. The highest BCUT2D eigenvalue weighted by atomic mass is 19.4. The number of alkyl halides is 6. The fourth-order valence-corrected chi connectivity index (χ4v) is 4.96. The third-order valence-electron chi connectivity index (χ3n) is 7.09. The summed E-state index contributed by atoms with van der Waals surface area (Å²) in [5.74, 6) is -3.50. The fourth-order valence-electron chi connectivity index (χ4n) is 4.96. The molecule has 0 saturated heterocycles. The molecule has 0 fully saturated rings. The van der Waals surface area contributed by atoms with Crippen molar-refractivity contribution < 1.29 is 55.3 Å². The molecule has 45 heavy (non-hydrogen) atoms. The van der Waals surface area contributed by atoms with Crippen molar-refractivity contribution in [3.05, 3.63) is 88.2 Å². The first-order chi connectivity index (χ1) is 21.1. The molecule has 0 aliphatic heterocycles. The molecular weight excluding hydrogens is 610 g/mol. The Bertz CT molecular complexity index is 1420. The zero-order valence-corrected chi connectivity index (χ0v) is 24.3. The molecule has 1 aliphatic rings. The van der Waals surface area contributed by atoms with Gasteiger partial charge in [0.05, 0.1) is 25.1 Å². The molecule has 0 aromatic heterocycles. The summed E-state index contributed by atoms with van der Waals surface area (Å²) in [7, 11) is 1.15. The first-order valence-electron chi connectivity index (χ1n) is 13.9. The first kappa shape index (κ1) is 35.0. The Morgan fingerprint density at radius 1 is 0.911 bits per heavy atom.